The van der Waals surface area contributed by atoms with Gasteiger partial charge in [0.2, 0.25) is 0 Å². The Morgan fingerprint density at radius 3 is 1.93 bits per heavy atom. The van der Waals surface area contributed by atoms with Crippen molar-refractivity contribution in [1.29, 1.82) is 0 Å². The molecular weight excluding hydrogens is 200 g/mol. The first kappa shape index (κ1) is 14.1. The van der Waals surface area contributed by atoms with Crippen LogP contribution >= 0.6 is 0 Å². The van der Waals surface area contributed by atoms with Gasteiger partial charge in [-0.25, -0.2) is 0 Å². The summed E-state index contributed by atoms with van der Waals surface area (Å²) in [7, 11) is 2.54. The van der Waals surface area contributed by atoms with Gasteiger partial charge >= 0.3 is 8.80 Å². The normalized spacial score (nSPS) is 12.0. The fourth-order valence-corrected chi connectivity index (χ4v) is 2.88. The third kappa shape index (κ3) is 5.07. The molecule has 0 aromatic carbocycles. The van der Waals surface area contributed by atoms with E-state index >= 15 is 0 Å². The predicted molar refractivity (Wildman–Crippen MR) is 57.3 cm³/mol. The van der Waals surface area contributed by atoms with E-state index in [0.29, 0.717) is 0 Å². The second kappa shape index (κ2) is 8.37. The van der Waals surface area contributed by atoms with Crippen LogP contribution in [0.2, 0.25) is 6.04 Å². The van der Waals surface area contributed by atoms with Crippen molar-refractivity contribution in [1.82, 2.24) is 0 Å². The Morgan fingerprint density at radius 1 is 0.929 bits per heavy atom. The molecule has 0 fully saturated rings. The number of hydrogen-bond donors (Lipinski definition) is 0. The third-order valence-corrected chi connectivity index (χ3v) is 4.89. The van der Waals surface area contributed by atoms with Gasteiger partial charge in [-0.1, -0.05) is 6.92 Å². The number of ether oxygens (including phenoxy) is 1. The van der Waals surface area contributed by atoms with Gasteiger partial charge in [-0.3, -0.25) is 0 Å². The summed E-state index contributed by atoms with van der Waals surface area (Å²) in [6.45, 7) is 3.67. The van der Waals surface area contributed by atoms with E-state index < -0.39 is 8.80 Å². The van der Waals surface area contributed by atoms with Crippen molar-refractivity contribution in [3.63, 3.8) is 0 Å². The molecule has 0 amide bonds. The highest BCUT2D eigenvalue weighted by Gasteiger charge is 2.36. The summed E-state index contributed by atoms with van der Waals surface area (Å²) in [5.74, 6) is 0. The summed E-state index contributed by atoms with van der Waals surface area (Å²) in [6, 6.07) is 0.806. The molecule has 0 bridgehead atoms. The Hall–Kier alpha value is 0.0569. The maximum Gasteiger partial charge on any atom is 0.500 e. The Labute approximate surface area is 87.9 Å². The first-order valence-corrected chi connectivity index (χ1v) is 6.91. The van der Waals surface area contributed by atoms with Crippen LogP contribution in [-0.2, 0) is 18.0 Å². The van der Waals surface area contributed by atoms with Crippen LogP contribution in [0.4, 0.5) is 0 Å². The molecule has 0 aliphatic carbocycles. The molecule has 0 spiro atoms. The fourth-order valence-electron chi connectivity index (χ4n) is 1.19. The van der Waals surface area contributed by atoms with E-state index in [9.17, 15) is 0 Å². The molecule has 14 heavy (non-hydrogen) atoms. The van der Waals surface area contributed by atoms with Gasteiger partial charge in [0.15, 0.2) is 0 Å². The molecule has 0 rings (SSSR count). The van der Waals surface area contributed by atoms with E-state index in [2.05, 4.69) is 6.92 Å². The summed E-state index contributed by atoms with van der Waals surface area (Å²) in [4.78, 5) is 0. The highest BCUT2D eigenvalue weighted by molar-refractivity contribution is 6.60. The Balaban J connectivity index is 3.61. The van der Waals surface area contributed by atoms with Crippen molar-refractivity contribution < 1.29 is 18.0 Å². The molecule has 0 saturated carbocycles. The minimum Gasteiger partial charge on any atom is -0.381 e. The van der Waals surface area contributed by atoms with E-state index in [1.54, 1.807) is 21.3 Å². The van der Waals surface area contributed by atoms with E-state index in [1.165, 1.54) is 0 Å². The van der Waals surface area contributed by atoms with Crippen molar-refractivity contribution in [2.75, 3.05) is 34.5 Å². The molecule has 0 radical (unpaired) electrons. The highest BCUT2D eigenvalue weighted by Crippen LogP contribution is 2.14. The Kier molecular flexibility index (Phi) is 8.41. The predicted octanol–water partition coefficient (Wildman–Crippen LogP) is 1.68. The van der Waals surface area contributed by atoms with E-state index in [-0.39, 0.29) is 0 Å². The van der Waals surface area contributed by atoms with E-state index in [1.807, 2.05) is 0 Å². The molecule has 5 heteroatoms. The van der Waals surface area contributed by atoms with Crippen LogP contribution in [0.3, 0.4) is 0 Å². The molecule has 0 aromatic heterocycles. The van der Waals surface area contributed by atoms with E-state index in [0.717, 1.165) is 32.1 Å². The molecule has 0 aliphatic heterocycles. The minimum atomic E-state index is -2.36. The Morgan fingerprint density at radius 2 is 1.50 bits per heavy atom. The molecule has 0 aliphatic rings. The number of hydrogen-bond acceptors (Lipinski definition) is 4. The summed E-state index contributed by atoms with van der Waals surface area (Å²) in [6.07, 6.45) is 1.98. The van der Waals surface area contributed by atoms with Gasteiger partial charge in [0.1, 0.15) is 0 Å². The van der Waals surface area contributed by atoms with Crippen LogP contribution in [0, 0.1) is 0 Å². The maximum atomic E-state index is 5.37. The summed E-state index contributed by atoms with van der Waals surface area (Å²) in [5.41, 5.74) is 0. The topological polar surface area (TPSA) is 36.9 Å². The summed E-state index contributed by atoms with van der Waals surface area (Å²) >= 11 is 0. The molecule has 0 unspecified atom stereocenters. The lowest BCUT2D eigenvalue weighted by Gasteiger charge is -2.24. The van der Waals surface area contributed by atoms with Crippen molar-refractivity contribution in [3.05, 3.63) is 0 Å². The van der Waals surface area contributed by atoms with Crippen LogP contribution < -0.4 is 0 Å². The Bertz CT molecular complexity index is 120. The van der Waals surface area contributed by atoms with Crippen molar-refractivity contribution >= 4 is 8.80 Å². The molecule has 0 saturated heterocycles. The second-order valence-electron chi connectivity index (χ2n) is 3.01. The van der Waals surface area contributed by atoms with Crippen LogP contribution in [0.5, 0.6) is 0 Å². The zero-order chi connectivity index (χ0) is 10.9. The molecule has 0 heterocycles. The monoisotopic (exact) mass is 222 g/mol. The quantitative estimate of drug-likeness (QED) is 0.439. The van der Waals surface area contributed by atoms with Crippen molar-refractivity contribution in [3.8, 4) is 0 Å². The summed E-state index contributed by atoms with van der Waals surface area (Å²) in [5, 5.41) is 0. The lowest BCUT2D eigenvalue weighted by Crippen LogP contribution is -2.42. The van der Waals surface area contributed by atoms with Gasteiger partial charge in [-0.15, -0.1) is 0 Å². The van der Waals surface area contributed by atoms with Gasteiger partial charge in [-0.2, -0.15) is 0 Å². The molecule has 0 atom stereocenters. The molecular formula is C9H22O4Si. The molecule has 4 nitrogen and oxygen atoms in total. The van der Waals surface area contributed by atoms with Crippen LogP contribution in [0.1, 0.15) is 19.8 Å². The fraction of sp³-hybridized carbons (Fsp3) is 1.00. The zero-order valence-electron chi connectivity index (χ0n) is 9.67. The standard InChI is InChI=1S/C9H22O4Si/c1-5-7-13-8-6-9-14(10-2,11-3)12-4/h5-9H2,1-4H3. The molecule has 0 N–H and O–H groups in total. The molecule has 86 valence electrons. The first-order valence-electron chi connectivity index (χ1n) is 4.98. The average Bonchev–Trinajstić information content (AvgIpc) is 2.24. The van der Waals surface area contributed by atoms with Gasteiger partial charge in [0.05, 0.1) is 0 Å². The van der Waals surface area contributed by atoms with E-state index in [4.69, 9.17) is 18.0 Å². The van der Waals surface area contributed by atoms with Crippen molar-refractivity contribution in [2.24, 2.45) is 0 Å². The smallest absolute Gasteiger partial charge is 0.381 e. The zero-order valence-corrected chi connectivity index (χ0v) is 10.7. The first-order chi connectivity index (χ1) is 6.74. The second-order valence-corrected chi connectivity index (χ2v) is 6.10. The third-order valence-electron chi connectivity index (χ3n) is 2.05. The minimum absolute atomic E-state index is 0.749. The maximum absolute atomic E-state index is 5.37. The SMILES string of the molecule is CCCOCCC[Si](OC)(OC)OC. The van der Waals surface area contributed by atoms with Gasteiger partial charge in [-0.05, 0) is 12.8 Å². The number of rotatable bonds is 9. The van der Waals surface area contributed by atoms with Gasteiger partial charge in [0.25, 0.3) is 0 Å². The van der Waals surface area contributed by atoms with Crippen LogP contribution in [0.15, 0.2) is 0 Å². The lowest BCUT2D eigenvalue weighted by atomic mass is 10.5. The largest absolute Gasteiger partial charge is 0.500 e. The van der Waals surface area contributed by atoms with Crippen LogP contribution in [-0.4, -0.2) is 43.3 Å². The van der Waals surface area contributed by atoms with Crippen molar-refractivity contribution in [2.45, 2.75) is 25.8 Å². The average molecular weight is 222 g/mol. The summed E-state index contributed by atoms with van der Waals surface area (Å²) < 4.78 is 21.2. The van der Waals surface area contributed by atoms with Crippen LogP contribution in [0.25, 0.3) is 0 Å². The van der Waals surface area contributed by atoms with Gasteiger partial charge < -0.3 is 18.0 Å². The van der Waals surface area contributed by atoms with Gasteiger partial charge in [0, 0.05) is 40.6 Å². The molecule has 0 aromatic rings. The highest BCUT2D eigenvalue weighted by atomic mass is 28.4. The lowest BCUT2D eigenvalue weighted by molar-refractivity contribution is 0.107.